The van der Waals surface area contributed by atoms with Gasteiger partial charge < -0.3 is 10.3 Å². The zero-order chi connectivity index (χ0) is 17.0. The highest BCUT2D eigenvalue weighted by atomic mass is 15.0. The van der Waals surface area contributed by atoms with Crippen molar-refractivity contribution in [3.8, 4) is 11.3 Å². The highest BCUT2D eigenvalue weighted by molar-refractivity contribution is 5.58. The van der Waals surface area contributed by atoms with Gasteiger partial charge in [0.25, 0.3) is 0 Å². The van der Waals surface area contributed by atoms with Gasteiger partial charge in [-0.05, 0) is 24.9 Å². The lowest BCUT2D eigenvalue weighted by Gasteiger charge is -2.16. The molecule has 2 rings (SSSR count). The van der Waals surface area contributed by atoms with Crippen LogP contribution in [-0.2, 0) is 0 Å². The van der Waals surface area contributed by atoms with E-state index in [9.17, 15) is 0 Å². The fraction of sp³-hybridized carbons (Fsp3) is 0.571. The lowest BCUT2D eigenvalue weighted by molar-refractivity contribution is 0.446. The number of unbranched alkanes of at least 4 members (excludes halogenated alkanes) is 5. The molecule has 0 aliphatic heterocycles. The van der Waals surface area contributed by atoms with Gasteiger partial charge in [0, 0.05) is 0 Å². The molecule has 132 valence electrons. The molecule has 0 saturated heterocycles. The summed E-state index contributed by atoms with van der Waals surface area (Å²) in [6.07, 6.45) is 12.1. The van der Waals surface area contributed by atoms with Crippen LogP contribution < -0.4 is 5.32 Å². The van der Waals surface area contributed by atoms with E-state index < -0.39 is 0 Å². The zero-order valence-corrected chi connectivity index (χ0v) is 15.4. The quantitative estimate of drug-likeness (QED) is 0.479. The molecule has 0 radical (unpaired) electrons. The monoisotopic (exact) mass is 327 g/mol. The van der Waals surface area contributed by atoms with Gasteiger partial charge in [-0.2, -0.15) is 0 Å². The van der Waals surface area contributed by atoms with Crippen LogP contribution in [-0.4, -0.2) is 16.5 Å². The van der Waals surface area contributed by atoms with Crippen LogP contribution in [0.3, 0.4) is 0 Å². The lowest BCUT2D eigenvalue weighted by Crippen LogP contribution is -2.23. The molecule has 24 heavy (non-hydrogen) atoms. The smallest absolute Gasteiger partial charge is 0.123 e. The van der Waals surface area contributed by atoms with Crippen molar-refractivity contribution >= 4 is 0 Å². The van der Waals surface area contributed by atoms with E-state index in [0.717, 1.165) is 24.5 Å². The van der Waals surface area contributed by atoms with Crippen LogP contribution in [0.1, 0.15) is 77.1 Å². The summed E-state index contributed by atoms with van der Waals surface area (Å²) in [5.74, 6) is 1.09. The van der Waals surface area contributed by atoms with Gasteiger partial charge in [0.2, 0.25) is 0 Å². The number of rotatable bonds is 12. The Morgan fingerprint density at radius 2 is 1.71 bits per heavy atom. The average molecular weight is 328 g/mol. The van der Waals surface area contributed by atoms with Crippen LogP contribution in [0.25, 0.3) is 11.3 Å². The van der Waals surface area contributed by atoms with E-state index in [2.05, 4.69) is 53.4 Å². The maximum Gasteiger partial charge on any atom is 0.123 e. The molecule has 0 saturated carbocycles. The Balaban J connectivity index is 1.98. The first-order chi connectivity index (χ1) is 11.8. The Hall–Kier alpha value is -1.61. The summed E-state index contributed by atoms with van der Waals surface area (Å²) < 4.78 is 0. The number of aromatic amines is 1. The predicted octanol–water partition coefficient (Wildman–Crippen LogP) is 5.87. The first-order valence-electron chi connectivity index (χ1n) is 9.68. The minimum atomic E-state index is 0.344. The minimum Gasteiger partial charge on any atom is -0.341 e. The first kappa shape index (κ1) is 18.7. The number of imidazole rings is 1. The molecule has 0 fully saturated rings. The maximum absolute atomic E-state index is 4.67. The molecule has 0 aliphatic rings. The molecule has 0 amide bonds. The van der Waals surface area contributed by atoms with Gasteiger partial charge in [0.1, 0.15) is 5.82 Å². The highest BCUT2D eigenvalue weighted by Crippen LogP contribution is 2.22. The lowest BCUT2D eigenvalue weighted by atomic mass is 10.1. The molecule has 1 heterocycles. The number of hydrogen-bond acceptors (Lipinski definition) is 2. The third-order valence-electron chi connectivity index (χ3n) is 4.53. The Morgan fingerprint density at radius 1 is 0.958 bits per heavy atom. The summed E-state index contributed by atoms with van der Waals surface area (Å²) in [5, 5.41) is 3.72. The second kappa shape index (κ2) is 11.0. The number of H-pyrrole nitrogens is 1. The number of nitrogens with one attached hydrogen (secondary N) is 2. The van der Waals surface area contributed by atoms with E-state index in [4.69, 9.17) is 0 Å². The van der Waals surface area contributed by atoms with Crippen LogP contribution in [0.4, 0.5) is 0 Å². The van der Waals surface area contributed by atoms with Crippen LogP contribution in [0.5, 0.6) is 0 Å². The summed E-state index contributed by atoms with van der Waals surface area (Å²) in [5.41, 5.74) is 2.31. The third kappa shape index (κ3) is 6.12. The topological polar surface area (TPSA) is 40.7 Å². The molecule has 1 aromatic heterocycles. The number of hydrogen-bond donors (Lipinski definition) is 2. The highest BCUT2D eigenvalue weighted by Gasteiger charge is 2.14. The number of nitrogens with zero attached hydrogens (tertiary/aromatic N) is 1. The van der Waals surface area contributed by atoms with Gasteiger partial charge in [-0.25, -0.2) is 4.98 Å². The number of aromatic nitrogens is 2. The van der Waals surface area contributed by atoms with Gasteiger partial charge in [-0.15, -0.1) is 0 Å². The van der Waals surface area contributed by atoms with E-state index >= 15 is 0 Å². The van der Waals surface area contributed by atoms with Gasteiger partial charge >= 0.3 is 0 Å². The Morgan fingerprint density at radius 3 is 2.46 bits per heavy atom. The van der Waals surface area contributed by atoms with Gasteiger partial charge in [-0.3, -0.25) is 0 Å². The summed E-state index contributed by atoms with van der Waals surface area (Å²) in [4.78, 5) is 8.21. The fourth-order valence-electron chi connectivity index (χ4n) is 3.04. The van der Waals surface area contributed by atoms with Crippen molar-refractivity contribution in [3.05, 3.63) is 42.4 Å². The average Bonchev–Trinajstić information content (AvgIpc) is 3.11. The normalized spacial score (nSPS) is 12.4. The molecule has 2 N–H and O–H groups in total. The largest absolute Gasteiger partial charge is 0.341 e. The third-order valence-corrected chi connectivity index (χ3v) is 4.53. The summed E-state index contributed by atoms with van der Waals surface area (Å²) in [6, 6.07) is 10.8. The van der Waals surface area contributed by atoms with E-state index in [-0.39, 0.29) is 0 Å². The van der Waals surface area contributed by atoms with Crippen LogP contribution in [0.2, 0.25) is 0 Å². The standard InChI is InChI=1S/C21H33N3/c1-3-5-7-11-15-19(22-16-12-6-4-2)21-23-17-20(24-21)18-13-9-8-10-14-18/h8-10,13-14,17,19,22H,3-7,11-12,15-16H2,1-2H3,(H,23,24). The molecular weight excluding hydrogens is 294 g/mol. The first-order valence-corrected chi connectivity index (χ1v) is 9.68. The molecule has 0 bridgehead atoms. The van der Waals surface area contributed by atoms with Crippen molar-refractivity contribution in [2.45, 2.75) is 71.3 Å². The molecular formula is C21H33N3. The SMILES string of the molecule is CCCCCCC(NCCCCC)c1ncc(-c2ccccc2)[nH]1. The van der Waals surface area contributed by atoms with E-state index in [1.807, 2.05) is 12.3 Å². The van der Waals surface area contributed by atoms with Crippen molar-refractivity contribution in [2.75, 3.05) is 6.54 Å². The molecule has 0 spiro atoms. The fourth-order valence-corrected chi connectivity index (χ4v) is 3.04. The molecule has 3 heteroatoms. The molecule has 0 aliphatic carbocycles. The predicted molar refractivity (Wildman–Crippen MR) is 103 cm³/mol. The second-order valence-electron chi connectivity index (χ2n) is 6.61. The maximum atomic E-state index is 4.67. The van der Waals surface area contributed by atoms with E-state index in [0.29, 0.717) is 6.04 Å². The van der Waals surface area contributed by atoms with Crippen molar-refractivity contribution in [1.29, 1.82) is 0 Å². The zero-order valence-electron chi connectivity index (χ0n) is 15.4. The number of benzene rings is 1. The molecule has 1 atom stereocenters. The van der Waals surface area contributed by atoms with Crippen molar-refractivity contribution < 1.29 is 0 Å². The van der Waals surface area contributed by atoms with E-state index in [1.54, 1.807) is 0 Å². The summed E-state index contributed by atoms with van der Waals surface area (Å²) in [6.45, 7) is 5.59. The van der Waals surface area contributed by atoms with E-state index in [1.165, 1.54) is 50.5 Å². The second-order valence-corrected chi connectivity index (χ2v) is 6.61. The molecule has 1 aromatic carbocycles. The van der Waals surface area contributed by atoms with Gasteiger partial charge in [0.15, 0.2) is 0 Å². The van der Waals surface area contributed by atoms with Crippen LogP contribution in [0, 0.1) is 0 Å². The summed E-state index contributed by atoms with van der Waals surface area (Å²) in [7, 11) is 0. The van der Waals surface area contributed by atoms with Gasteiger partial charge in [0.05, 0.1) is 17.9 Å². The van der Waals surface area contributed by atoms with Crippen molar-refractivity contribution in [1.82, 2.24) is 15.3 Å². The van der Waals surface area contributed by atoms with Crippen LogP contribution in [0.15, 0.2) is 36.5 Å². The molecule has 3 nitrogen and oxygen atoms in total. The molecule has 1 unspecified atom stereocenters. The van der Waals surface area contributed by atoms with Gasteiger partial charge in [-0.1, -0.05) is 82.7 Å². The minimum absolute atomic E-state index is 0.344. The molecule has 2 aromatic rings. The summed E-state index contributed by atoms with van der Waals surface area (Å²) >= 11 is 0. The van der Waals surface area contributed by atoms with Crippen molar-refractivity contribution in [2.24, 2.45) is 0 Å². The Bertz CT molecular complexity index is 535. The van der Waals surface area contributed by atoms with Crippen molar-refractivity contribution in [3.63, 3.8) is 0 Å². The van der Waals surface area contributed by atoms with Crippen LogP contribution >= 0.6 is 0 Å². The Labute approximate surface area is 147 Å². The Kier molecular flexibility index (Phi) is 8.61.